The van der Waals surface area contributed by atoms with E-state index in [9.17, 15) is 0 Å². The minimum atomic E-state index is -0.0769. The van der Waals surface area contributed by atoms with E-state index in [1.165, 1.54) is 44.1 Å². The molecule has 0 amide bonds. The van der Waals surface area contributed by atoms with E-state index in [-0.39, 0.29) is 16.4 Å². The van der Waals surface area contributed by atoms with Crippen molar-refractivity contribution in [3.05, 3.63) is 119 Å². The van der Waals surface area contributed by atoms with Gasteiger partial charge in [-0.25, -0.2) is 0 Å². The fraction of sp³-hybridized carbons (Fsp3) is 0.294. The van der Waals surface area contributed by atoms with Crippen LogP contribution in [0.25, 0.3) is 21.8 Å². The third-order valence-corrected chi connectivity index (χ3v) is 7.87. The lowest BCUT2D eigenvalue weighted by atomic mass is 9.77. The van der Waals surface area contributed by atoms with Gasteiger partial charge in [0.2, 0.25) is 0 Å². The van der Waals surface area contributed by atoms with Crippen LogP contribution in [0.15, 0.2) is 97.1 Å². The number of rotatable bonds is 4. The molecule has 5 rings (SSSR count). The van der Waals surface area contributed by atoms with Crippen LogP contribution in [0.5, 0.6) is 0 Å². The average molecular weight is 460 g/mol. The quantitative estimate of drug-likeness (QED) is 0.252. The molecule has 0 spiro atoms. The Bertz CT molecular complexity index is 1380. The number of nitrogens with zero attached hydrogens (tertiary/aromatic N) is 1. The Labute approximate surface area is 210 Å². The molecule has 0 N–H and O–H groups in total. The molecule has 0 saturated carbocycles. The first-order valence-electron chi connectivity index (χ1n) is 12.7. The number of hydrogen-bond acceptors (Lipinski definition) is 0. The van der Waals surface area contributed by atoms with Gasteiger partial charge in [0.25, 0.3) is 0 Å². The predicted octanol–water partition coefficient (Wildman–Crippen LogP) is 9.20. The average Bonchev–Trinajstić information content (AvgIpc) is 3.18. The Morgan fingerprint density at radius 2 is 0.800 bits per heavy atom. The lowest BCUT2D eigenvalue weighted by Gasteiger charge is -2.27. The van der Waals surface area contributed by atoms with Crippen LogP contribution in [0.2, 0.25) is 0 Å². The van der Waals surface area contributed by atoms with Gasteiger partial charge in [0.1, 0.15) is 0 Å². The second kappa shape index (κ2) is 8.12. The zero-order chi connectivity index (χ0) is 25.0. The Balaban J connectivity index is 1.77. The van der Waals surface area contributed by atoms with Gasteiger partial charge < -0.3 is 4.57 Å². The molecule has 1 nitrogen and oxygen atoms in total. The highest BCUT2D eigenvalue weighted by atomic mass is 15.0. The van der Waals surface area contributed by atoms with E-state index in [0.717, 1.165) is 0 Å². The summed E-state index contributed by atoms with van der Waals surface area (Å²) in [6.07, 6.45) is 0. The minimum Gasteiger partial charge on any atom is -0.335 e. The van der Waals surface area contributed by atoms with Gasteiger partial charge in [-0.2, -0.15) is 0 Å². The van der Waals surface area contributed by atoms with Gasteiger partial charge in [-0.1, -0.05) is 100 Å². The molecule has 0 bridgehead atoms. The minimum absolute atomic E-state index is 0.0209. The molecule has 5 aromatic rings. The van der Waals surface area contributed by atoms with Crippen LogP contribution in [-0.2, 0) is 16.4 Å². The zero-order valence-corrected chi connectivity index (χ0v) is 22.2. The summed E-state index contributed by atoms with van der Waals surface area (Å²) in [5.74, 6) is 0. The molecular formula is C34H37N. The molecule has 0 unspecified atom stereocenters. The molecule has 1 heteroatoms. The van der Waals surface area contributed by atoms with Gasteiger partial charge in [0.05, 0.1) is 0 Å². The fourth-order valence-electron chi connectivity index (χ4n) is 5.57. The third-order valence-electron chi connectivity index (χ3n) is 7.87. The lowest BCUT2D eigenvalue weighted by Crippen LogP contribution is -2.22. The first-order chi connectivity index (χ1) is 16.5. The molecular weight excluding hydrogens is 422 g/mol. The number of aromatic nitrogens is 1. The molecule has 0 fully saturated rings. The molecule has 0 atom stereocenters. The van der Waals surface area contributed by atoms with Crippen LogP contribution >= 0.6 is 0 Å². The van der Waals surface area contributed by atoms with Crippen LogP contribution in [0.1, 0.15) is 70.7 Å². The van der Waals surface area contributed by atoms with E-state index in [1.54, 1.807) is 0 Å². The smallest absolute Gasteiger partial charge is 0.0496 e. The Kier molecular flexibility index (Phi) is 5.44. The number of fused-ring (bicyclic) bond motifs is 3. The summed E-state index contributed by atoms with van der Waals surface area (Å²) in [5, 5.41) is 2.67. The summed E-state index contributed by atoms with van der Waals surface area (Å²) >= 11 is 0. The van der Waals surface area contributed by atoms with Crippen LogP contribution in [0.3, 0.4) is 0 Å². The van der Waals surface area contributed by atoms with E-state index in [0.29, 0.717) is 0 Å². The van der Waals surface area contributed by atoms with Gasteiger partial charge in [-0.3, -0.25) is 0 Å². The zero-order valence-electron chi connectivity index (χ0n) is 22.2. The Morgan fingerprint density at radius 1 is 0.429 bits per heavy atom. The van der Waals surface area contributed by atoms with Crippen molar-refractivity contribution < 1.29 is 0 Å². The van der Waals surface area contributed by atoms with Crippen molar-refractivity contribution in [1.29, 1.82) is 0 Å². The lowest BCUT2D eigenvalue weighted by molar-refractivity contribution is 0.423. The first kappa shape index (κ1) is 23.4. The molecule has 1 aromatic heterocycles. The molecule has 0 aliphatic rings. The standard InChI is InChI=1S/C34H37N/c1-32(2,3)35-30-20-18-26(33(4,5)24-14-10-8-11-15-24)22-28(30)29-23-27(19-21-31(29)35)34(6,7)25-16-12-9-13-17-25/h8-23H,1-7H3. The van der Waals surface area contributed by atoms with E-state index in [1.807, 2.05) is 0 Å². The monoisotopic (exact) mass is 459 g/mol. The molecule has 0 aliphatic heterocycles. The molecule has 0 aliphatic carbocycles. The van der Waals surface area contributed by atoms with Gasteiger partial charge in [0, 0.05) is 38.2 Å². The Hall–Kier alpha value is -3.32. The first-order valence-corrected chi connectivity index (χ1v) is 12.7. The van der Waals surface area contributed by atoms with Crippen LogP contribution in [0, 0.1) is 0 Å². The van der Waals surface area contributed by atoms with Crippen molar-refractivity contribution in [2.24, 2.45) is 0 Å². The highest BCUT2D eigenvalue weighted by Gasteiger charge is 2.28. The second-order valence-electron chi connectivity index (χ2n) is 12.0. The summed E-state index contributed by atoms with van der Waals surface area (Å²) < 4.78 is 2.51. The summed E-state index contributed by atoms with van der Waals surface area (Å²) in [5.41, 5.74) is 7.79. The fourth-order valence-corrected chi connectivity index (χ4v) is 5.57. The molecule has 1 heterocycles. The number of hydrogen-bond donors (Lipinski definition) is 0. The molecule has 0 saturated heterocycles. The van der Waals surface area contributed by atoms with Gasteiger partial charge in [-0.05, 0) is 67.3 Å². The maximum atomic E-state index is 2.51. The number of benzene rings is 4. The molecule has 4 aromatic carbocycles. The maximum Gasteiger partial charge on any atom is 0.0496 e. The van der Waals surface area contributed by atoms with Gasteiger partial charge >= 0.3 is 0 Å². The van der Waals surface area contributed by atoms with E-state index in [4.69, 9.17) is 0 Å². The largest absolute Gasteiger partial charge is 0.335 e. The SMILES string of the molecule is CC(C)(c1ccccc1)c1ccc2c(c1)c1cc(C(C)(C)c3ccccc3)ccc1n2C(C)(C)C. The van der Waals surface area contributed by atoms with Crippen molar-refractivity contribution in [2.75, 3.05) is 0 Å². The molecule has 0 radical (unpaired) electrons. The highest BCUT2D eigenvalue weighted by molar-refractivity contribution is 6.09. The summed E-state index contributed by atoms with van der Waals surface area (Å²) in [7, 11) is 0. The topological polar surface area (TPSA) is 4.93 Å². The van der Waals surface area contributed by atoms with E-state index in [2.05, 4.69) is 150 Å². The van der Waals surface area contributed by atoms with E-state index >= 15 is 0 Å². The van der Waals surface area contributed by atoms with Crippen LogP contribution < -0.4 is 0 Å². The second-order valence-corrected chi connectivity index (χ2v) is 12.0. The molecule has 35 heavy (non-hydrogen) atoms. The van der Waals surface area contributed by atoms with Gasteiger partial charge in [-0.15, -0.1) is 0 Å². The van der Waals surface area contributed by atoms with E-state index < -0.39 is 0 Å². The molecule has 178 valence electrons. The summed E-state index contributed by atoms with van der Waals surface area (Å²) in [6.45, 7) is 16.2. The van der Waals surface area contributed by atoms with Crippen LogP contribution in [-0.4, -0.2) is 4.57 Å². The van der Waals surface area contributed by atoms with Crippen LogP contribution in [0.4, 0.5) is 0 Å². The van der Waals surface area contributed by atoms with Crippen molar-refractivity contribution in [3.8, 4) is 0 Å². The Morgan fingerprint density at radius 3 is 1.14 bits per heavy atom. The van der Waals surface area contributed by atoms with Crippen molar-refractivity contribution in [1.82, 2.24) is 4.57 Å². The van der Waals surface area contributed by atoms with Gasteiger partial charge in [0.15, 0.2) is 0 Å². The van der Waals surface area contributed by atoms with Crippen molar-refractivity contribution in [3.63, 3.8) is 0 Å². The highest BCUT2D eigenvalue weighted by Crippen LogP contribution is 2.41. The maximum absolute atomic E-state index is 2.51. The summed E-state index contributed by atoms with van der Waals surface area (Å²) in [6, 6.07) is 35.9. The normalized spacial score (nSPS) is 13.0. The summed E-state index contributed by atoms with van der Waals surface area (Å²) in [4.78, 5) is 0. The van der Waals surface area contributed by atoms with Crippen molar-refractivity contribution in [2.45, 2.75) is 64.8 Å². The predicted molar refractivity (Wildman–Crippen MR) is 152 cm³/mol. The van der Waals surface area contributed by atoms with Crippen molar-refractivity contribution >= 4 is 21.8 Å². The third kappa shape index (κ3) is 3.88.